The molecule has 0 unspecified atom stereocenters. The van der Waals surface area contributed by atoms with E-state index in [0.717, 1.165) is 15.4 Å². The Morgan fingerprint density at radius 2 is 1.71 bits per heavy atom. The summed E-state index contributed by atoms with van der Waals surface area (Å²) in [6.07, 6.45) is 0. The molecule has 0 spiro atoms. The largest absolute Gasteiger partial charge is 0.486 e. The van der Waals surface area contributed by atoms with E-state index < -0.39 is 28.5 Å². The minimum atomic E-state index is -4.12. The second-order valence-corrected chi connectivity index (χ2v) is 10.7. The first-order valence-electron chi connectivity index (χ1n) is 10.9. The SMILES string of the molecule is Cc1ccc(S(=O)(=O)N(CC(=O)N[C@H](C)c2ccc3c(c2)OCCO3)c2cccc(Cl)c2Cl)cc1. The Hall–Kier alpha value is -2.94. The van der Waals surface area contributed by atoms with Crippen LogP contribution >= 0.6 is 23.2 Å². The van der Waals surface area contributed by atoms with Crippen molar-refractivity contribution in [2.45, 2.75) is 24.8 Å². The lowest BCUT2D eigenvalue weighted by molar-refractivity contribution is -0.120. The summed E-state index contributed by atoms with van der Waals surface area (Å²) in [5.41, 5.74) is 1.81. The van der Waals surface area contributed by atoms with E-state index in [1.54, 1.807) is 43.3 Å². The summed E-state index contributed by atoms with van der Waals surface area (Å²) in [6, 6.07) is 16.0. The third-order valence-electron chi connectivity index (χ3n) is 5.54. The molecule has 0 saturated carbocycles. The predicted molar refractivity (Wildman–Crippen MR) is 136 cm³/mol. The van der Waals surface area contributed by atoms with E-state index in [9.17, 15) is 13.2 Å². The lowest BCUT2D eigenvalue weighted by atomic mass is 10.1. The number of benzene rings is 3. The zero-order valence-electron chi connectivity index (χ0n) is 19.1. The summed E-state index contributed by atoms with van der Waals surface area (Å²) in [5, 5.41) is 3.07. The van der Waals surface area contributed by atoms with Crippen molar-refractivity contribution in [3.8, 4) is 11.5 Å². The molecule has 0 aromatic heterocycles. The molecule has 1 amide bonds. The Morgan fingerprint density at radius 1 is 1.03 bits per heavy atom. The monoisotopic (exact) mass is 534 g/mol. The molecule has 1 aliphatic rings. The van der Waals surface area contributed by atoms with Crippen LogP contribution in [0.15, 0.2) is 65.6 Å². The third-order valence-corrected chi connectivity index (χ3v) is 8.12. The minimum Gasteiger partial charge on any atom is -0.486 e. The molecule has 3 aromatic rings. The molecule has 0 aliphatic carbocycles. The standard InChI is InChI=1S/C25H24Cl2N2O5S/c1-16-6-9-19(10-7-16)35(31,32)29(21-5-3-4-20(26)25(21)27)15-24(30)28-17(2)18-8-11-22-23(14-18)34-13-12-33-22/h3-11,14,17H,12-13,15H2,1-2H3,(H,28,30)/t17-/m1/s1. The zero-order chi connectivity index (χ0) is 25.2. The Labute approximate surface area is 214 Å². The van der Waals surface area contributed by atoms with E-state index in [1.807, 2.05) is 13.0 Å². The lowest BCUT2D eigenvalue weighted by Gasteiger charge is -2.26. The van der Waals surface area contributed by atoms with Crippen molar-refractivity contribution in [3.63, 3.8) is 0 Å². The Balaban J connectivity index is 1.61. The van der Waals surface area contributed by atoms with E-state index in [2.05, 4.69) is 5.32 Å². The number of ether oxygens (including phenoxy) is 2. The summed E-state index contributed by atoms with van der Waals surface area (Å²) >= 11 is 12.5. The van der Waals surface area contributed by atoms with Crippen LogP contribution in [0.1, 0.15) is 24.1 Å². The van der Waals surface area contributed by atoms with Gasteiger partial charge in [0.1, 0.15) is 19.8 Å². The Kier molecular flexibility index (Phi) is 7.44. The van der Waals surface area contributed by atoms with Crippen LogP contribution in [0.4, 0.5) is 5.69 Å². The molecule has 0 radical (unpaired) electrons. The van der Waals surface area contributed by atoms with Crippen LogP contribution in [0.5, 0.6) is 11.5 Å². The molecule has 7 nitrogen and oxygen atoms in total. The fraction of sp³-hybridized carbons (Fsp3) is 0.240. The highest BCUT2D eigenvalue weighted by molar-refractivity contribution is 7.92. The van der Waals surface area contributed by atoms with Crippen molar-refractivity contribution < 1.29 is 22.7 Å². The average molecular weight is 535 g/mol. The number of amides is 1. The second kappa shape index (κ2) is 10.4. The van der Waals surface area contributed by atoms with Gasteiger partial charge in [-0.1, -0.05) is 53.0 Å². The van der Waals surface area contributed by atoms with Gasteiger partial charge in [-0.2, -0.15) is 0 Å². The fourth-order valence-electron chi connectivity index (χ4n) is 3.65. The van der Waals surface area contributed by atoms with E-state index in [-0.39, 0.29) is 20.6 Å². The fourth-order valence-corrected chi connectivity index (χ4v) is 5.53. The molecule has 1 N–H and O–H groups in total. The van der Waals surface area contributed by atoms with Crippen molar-refractivity contribution in [1.82, 2.24) is 5.32 Å². The van der Waals surface area contributed by atoms with Gasteiger partial charge in [0.2, 0.25) is 5.91 Å². The number of sulfonamides is 1. The predicted octanol–water partition coefficient (Wildman–Crippen LogP) is 5.15. The van der Waals surface area contributed by atoms with Crippen LogP contribution in [-0.4, -0.2) is 34.1 Å². The van der Waals surface area contributed by atoms with E-state index in [4.69, 9.17) is 32.7 Å². The second-order valence-electron chi connectivity index (χ2n) is 8.09. The number of halogens is 2. The summed E-state index contributed by atoms with van der Waals surface area (Å²) in [4.78, 5) is 13.1. The maximum absolute atomic E-state index is 13.6. The van der Waals surface area contributed by atoms with Gasteiger partial charge in [-0.05, 0) is 55.8 Å². The molecule has 0 fully saturated rings. The summed E-state index contributed by atoms with van der Waals surface area (Å²) in [5.74, 6) is 0.729. The quantitative estimate of drug-likeness (QED) is 0.453. The van der Waals surface area contributed by atoms with E-state index in [0.29, 0.717) is 24.7 Å². The molecule has 1 atom stereocenters. The zero-order valence-corrected chi connectivity index (χ0v) is 21.5. The van der Waals surface area contributed by atoms with Crippen molar-refractivity contribution in [2.75, 3.05) is 24.1 Å². The van der Waals surface area contributed by atoms with Crippen LogP contribution in [0.3, 0.4) is 0 Å². The van der Waals surface area contributed by atoms with Crippen LogP contribution in [-0.2, 0) is 14.8 Å². The number of hydrogen-bond donors (Lipinski definition) is 1. The number of carbonyl (C=O) groups is 1. The molecule has 4 rings (SSSR count). The number of nitrogens with one attached hydrogen (secondary N) is 1. The topological polar surface area (TPSA) is 84.9 Å². The Morgan fingerprint density at radius 3 is 2.43 bits per heavy atom. The van der Waals surface area contributed by atoms with Crippen LogP contribution in [0.25, 0.3) is 0 Å². The van der Waals surface area contributed by atoms with Crippen LogP contribution < -0.4 is 19.1 Å². The molecule has 0 bridgehead atoms. The van der Waals surface area contributed by atoms with Gasteiger partial charge in [-0.25, -0.2) is 8.42 Å². The van der Waals surface area contributed by atoms with E-state index in [1.165, 1.54) is 18.2 Å². The van der Waals surface area contributed by atoms with Crippen molar-refractivity contribution in [1.29, 1.82) is 0 Å². The maximum atomic E-state index is 13.6. The highest BCUT2D eigenvalue weighted by atomic mass is 35.5. The molecular weight excluding hydrogens is 511 g/mol. The molecule has 1 aliphatic heterocycles. The summed E-state index contributed by atoms with van der Waals surface area (Å²) in [6.45, 7) is 4.09. The molecule has 0 saturated heterocycles. The number of fused-ring (bicyclic) bond motifs is 1. The molecule has 1 heterocycles. The number of hydrogen-bond acceptors (Lipinski definition) is 5. The Bertz CT molecular complexity index is 1350. The lowest BCUT2D eigenvalue weighted by Crippen LogP contribution is -2.41. The van der Waals surface area contributed by atoms with Gasteiger partial charge in [-0.3, -0.25) is 9.10 Å². The third kappa shape index (κ3) is 5.50. The van der Waals surface area contributed by atoms with Gasteiger partial charge in [-0.15, -0.1) is 0 Å². The van der Waals surface area contributed by atoms with Gasteiger partial charge in [0, 0.05) is 0 Å². The molecule has 184 valence electrons. The summed E-state index contributed by atoms with van der Waals surface area (Å²) < 4.78 is 39.3. The highest BCUT2D eigenvalue weighted by Gasteiger charge is 2.30. The van der Waals surface area contributed by atoms with Gasteiger partial charge >= 0.3 is 0 Å². The van der Waals surface area contributed by atoms with Crippen LogP contribution in [0.2, 0.25) is 10.0 Å². The van der Waals surface area contributed by atoms with E-state index >= 15 is 0 Å². The smallest absolute Gasteiger partial charge is 0.264 e. The number of aryl methyl sites for hydroxylation is 1. The first kappa shape index (κ1) is 25.2. The first-order chi connectivity index (χ1) is 16.7. The van der Waals surface area contributed by atoms with Crippen LogP contribution in [0, 0.1) is 6.92 Å². The first-order valence-corrected chi connectivity index (χ1v) is 13.1. The molecule has 3 aromatic carbocycles. The molecule has 10 heteroatoms. The molecular formula is C25H24Cl2N2O5S. The van der Waals surface area contributed by atoms with Gasteiger partial charge in [0.25, 0.3) is 10.0 Å². The number of rotatable bonds is 7. The number of anilines is 1. The molecule has 35 heavy (non-hydrogen) atoms. The van der Waals surface area contributed by atoms with Gasteiger partial charge < -0.3 is 14.8 Å². The van der Waals surface area contributed by atoms with Crippen molar-refractivity contribution in [3.05, 3.63) is 81.8 Å². The normalized spacial score (nSPS) is 13.7. The van der Waals surface area contributed by atoms with Crippen molar-refractivity contribution >= 4 is 44.8 Å². The number of nitrogens with zero attached hydrogens (tertiary/aromatic N) is 1. The van der Waals surface area contributed by atoms with Gasteiger partial charge in [0.05, 0.1) is 26.7 Å². The van der Waals surface area contributed by atoms with Crippen molar-refractivity contribution in [2.24, 2.45) is 0 Å². The minimum absolute atomic E-state index is 0.0341. The summed E-state index contributed by atoms with van der Waals surface area (Å²) in [7, 11) is -4.12. The highest BCUT2D eigenvalue weighted by Crippen LogP contribution is 2.36. The number of carbonyl (C=O) groups excluding carboxylic acids is 1. The average Bonchev–Trinajstić information content (AvgIpc) is 2.84. The maximum Gasteiger partial charge on any atom is 0.264 e. The van der Waals surface area contributed by atoms with Gasteiger partial charge in [0.15, 0.2) is 11.5 Å².